The number of anilines is 1. The lowest BCUT2D eigenvalue weighted by molar-refractivity contribution is 0.102. The average molecular weight is 394 g/mol. The van der Waals surface area contributed by atoms with Crippen LogP contribution < -0.4 is 15.6 Å². The highest BCUT2D eigenvalue weighted by molar-refractivity contribution is 6.04. The molecular formula is C21H22N4O4. The summed E-state index contributed by atoms with van der Waals surface area (Å²) in [6.07, 6.45) is 2.25. The molecule has 0 bridgehead atoms. The van der Waals surface area contributed by atoms with Crippen LogP contribution in [0, 0.1) is 6.92 Å². The monoisotopic (exact) mass is 394 g/mol. The third-order valence-electron chi connectivity index (χ3n) is 4.97. The van der Waals surface area contributed by atoms with E-state index in [4.69, 9.17) is 9.47 Å². The second-order valence-corrected chi connectivity index (χ2v) is 6.88. The van der Waals surface area contributed by atoms with Crippen LogP contribution in [0.5, 0.6) is 5.88 Å². The number of carbonyl (C=O) groups excluding carboxylic acids is 1. The second-order valence-electron chi connectivity index (χ2n) is 6.88. The van der Waals surface area contributed by atoms with Gasteiger partial charge in [-0.05, 0) is 25.1 Å². The van der Waals surface area contributed by atoms with Crippen LogP contribution in [0.3, 0.4) is 0 Å². The molecule has 1 aliphatic heterocycles. The van der Waals surface area contributed by atoms with Crippen LogP contribution in [0.25, 0.3) is 5.69 Å². The number of ether oxygens (including phenoxy) is 2. The Morgan fingerprint density at radius 2 is 2.07 bits per heavy atom. The van der Waals surface area contributed by atoms with E-state index in [1.54, 1.807) is 30.8 Å². The molecule has 1 aliphatic rings. The van der Waals surface area contributed by atoms with E-state index in [9.17, 15) is 9.59 Å². The lowest BCUT2D eigenvalue weighted by Gasteiger charge is -2.11. The fourth-order valence-corrected chi connectivity index (χ4v) is 3.29. The van der Waals surface area contributed by atoms with E-state index in [0.717, 1.165) is 12.1 Å². The molecule has 0 aliphatic carbocycles. The van der Waals surface area contributed by atoms with Gasteiger partial charge in [-0.25, -0.2) is 9.67 Å². The summed E-state index contributed by atoms with van der Waals surface area (Å²) in [4.78, 5) is 29.9. The maximum absolute atomic E-state index is 13.0. The summed E-state index contributed by atoms with van der Waals surface area (Å²) in [5.74, 6) is -0.0365. The SMILES string of the molecule is Cc1c(NC(=O)c2ccnc(OC3CCOC3)c2)c(=O)n(-c2ccccc2)n1C. The third-order valence-corrected chi connectivity index (χ3v) is 4.97. The van der Waals surface area contributed by atoms with Crippen molar-refractivity contribution in [3.63, 3.8) is 0 Å². The summed E-state index contributed by atoms with van der Waals surface area (Å²) in [6.45, 7) is 2.96. The van der Waals surface area contributed by atoms with Crippen LogP contribution in [0.2, 0.25) is 0 Å². The number of benzene rings is 1. The first-order valence-electron chi connectivity index (χ1n) is 9.40. The number of para-hydroxylation sites is 1. The van der Waals surface area contributed by atoms with Crippen molar-refractivity contribution >= 4 is 11.6 Å². The van der Waals surface area contributed by atoms with Gasteiger partial charge >= 0.3 is 0 Å². The summed E-state index contributed by atoms with van der Waals surface area (Å²) in [5, 5.41) is 2.75. The highest BCUT2D eigenvalue weighted by Gasteiger charge is 2.21. The van der Waals surface area contributed by atoms with Gasteiger partial charge in [0.15, 0.2) is 0 Å². The van der Waals surface area contributed by atoms with Crippen LogP contribution in [-0.4, -0.2) is 39.6 Å². The van der Waals surface area contributed by atoms with Crippen LogP contribution in [0.4, 0.5) is 5.69 Å². The van der Waals surface area contributed by atoms with E-state index in [0.29, 0.717) is 30.4 Å². The Bertz CT molecular complexity index is 1080. The van der Waals surface area contributed by atoms with Gasteiger partial charge < -0.3 is 14.8 Å². The van der Waals surface area contributed by atoms with Crippen molar-refractivity contribution in [2.24, 2.45) is 7.05 Å². The number of hydrogen-bond donors (Lipinski definition) is 1. The zero-order valence-electron chi connectivity index (χ0n) is 16.3. The van der Waals surface area contributed by atoms with Gasteiger partial charge in [-0.15, -0.1) is 0 Å². The highest BCUT2D eigenvalue weighted by Crippen LogP contribution is 2.18. The van der Waals surface area contributed by atoms with E-state index in [2.05, 4.69) is 10.3 Å². The first-order chi connectivity index (χ1) is 14.0. The molecule has 2 aromatic heterocycles. The second kappa shape index (κ2) is 7.92. The van der Waals surface area contributed by atoms with Crippen LogP contribution in [0.15, 0.2) is 53.5 Å². The minimum Gasteiger partial charge on any atom is -0.472 e. The van der Waals surface area contributed by atoms with E-state index >= 15 is 0 Å². The molecule has 1 aromatic carbocycles. The molecule has 0 saturated carbocycles. The summed E-state index contributed by atoms with van der Waals surface area (Å²) >= 11 is 0. The van der Waals surface area contributed by atoms with Crippen LogP contribution in [-0.2, 0) is 11.8 Å². The van der Waals surface area contributed by atoms with Gasteiger partial charge in [-0.3, -0.25) is 14.3 Å². The quantitative estimate of drug-likeness (QED) is 0.718. The van der Waals surface area contributed by atoms with Gasteiger partial charge in [0.25, 0.3) is 11.5 Å². The van der Waals surface area contributed by atoms with Crippen molar-refractivity contribution in [3.05, 3.63) is 70.3 Å². The Morgan fingerprint density at radius 1 is 1.28 bits per heavy atom. The van der Waals surface area contributed by atoms with E-state index in [1.807, 2.05) is 30.3 Å². The van der Waals surface area contributed by atoms with Gasteiger partial charge in [0.2, 0.25) is 5.88 Å². The topological polar surface area (TPSA) is 87.4 Å². The molecule has 1 atom stereocenters. The van der Waals surface area contributed by atoms with Crippen molar-refractivity contribution in [3.8, 4) is 11.6 Å². The molecular weight excluding hydrogens is 372 g/mol. The first kappa shape index (κ1) is 18.9. The maximum Gasteiger partial charge on any atom is 0.295 e. The van der Waals surface area contributed by atoms with Crippen LogP contribution >= 0.6 is 0 Å². The van der Waals surface area contributed by atoms with E-state index < -0.39 is 5.91 Å². The summed E-state index contributed by atoms with van der Waals surface area (Å²) in [6, 6.07) is 12.4. The molecule has 150 valence electrons. The lowest BCUT2D eigenvalue weighted by atomic mass is 10.2. The molecule has 1 N–H and O–H groups in total. The maximum atomic E-state index is 13.0. The van der Waals surface area contributed by atoms with Crippen molar-refractivity contribution in [2.75, 3.05) is 18.5 Å². The summed E-state index contributed by atoms with van der Waals surface area (Å²) < 4.78 is 14.3. The number of nitrogens with one attached hydrogen (secondary N) is 1. The molecule has 8 nitrogen and oxygen atoms in total. The van der Waals surface area contributed by atoms with E-state index in [-0.39, 0.29) is 17.4 Å². The molecule has 1 amide bonds. The van der Waals surface area contributed by atoms with Gasteiger partial charge in [-0.2, -0.15) is 0 Å². The molecule has 0 radical (unpaired) electrons. The molecule has 3 aromatic rings. The normalized spacial score (nSPS) is 16.0. The van der Waals surface area contributed by atoms with Crippen molar-refractivity contribution < 1.29 is 14.3 Å². The van der Waals surface area contributed by atoms with E-state index in [1.165, 1.54) is 10.9 Å². The third kappa shape index (κ3) is 3.79. The molecule has 4 rings (SSSR count). The first-order valence-corrected chi connectivity index (χ1v) is 9.40. The molecule has 3 heterocycles. The minimum absolute atomic E-state index is 0.0599. The number of carbonyl (C=O) groups is 1. The Kier molecular flexibility index (Phi) is 5.18. The number of aromatic nitrogens is 3. The zero-order valence-corrected chi connectivity index (χ0v) is 16.3. The Labute approximate surface area is 167 Å². The largest absolute Gasteiger partial charge is 0.472 e. The van der Waals surface area contributed by atoms with Gasteiger partial charge in [0, 0.05) is 31.3 Å². The summed E-state index contributed by atoms with van der Waals surface area (Å²) in [5.41, 5.74) is 1.69. The van der Waals surface area contributed by atoms with Crippen molar-refractivity contribution in [1.82, 2.24) is 14.3 Å². The smallest absolute Gasteiger partial charge is 0.295 e. The van der Waals surface area contributed by atoms with Gasteiger partial charge in [0.1, 0.15) is 11.8 Å². The molecule has 8 heteroatoms. The molecule has 1 fully saturated rings. The average Bonchev–Trinajstić information content (AvgIpc) is 3.31. The predicted octanol–water partition coefficient (Wildman–Crippen LogP) is 2.30. The van der Waals surface area contributed by atoms with Crippen LogP contribution in [0.1, 0.15) is 22.5 Å². The number of nitrogens with zero attached hydrogens (tertiary/aromatic N) is 3. The molecule has 1 unspecified atom stereocenters. The highest BCUT2D eigenvalue weighted by atomic mass is 16.5. The number of amides is 1. The van der Waals surface area contributed by atoms with Crippen molar-refractivity contribution in [2.45, 2.75) is 19.4 Å². The fourth-order valence-electron chi connectivity index (χ4n) is 3.29. The lowest BCUT2D eigenvalue weighted by Crippen LogP contribution is -2.23. The van der Waals surface area contributed by atoms with Gasteiger partial charge in [-0.1, -0.05) is 18.2 Å². The minimum atomic E-state index is -0.397. The fraction of sp³-hybridized carbons (Fsp3) is 0.286. The van der Waals surface area contributed by atoms with Crippen molar-refractivity contribution in [1.29, 1.82) is 0 Å². The number of pyridine rings is 1. The Balaban J connectivity index is 1.58. The summed E-state index contributed by atoms with van der Waals surface area (Å²) in [7, 11) is 1.78. The predicted molar refractivity (Wildman–Crippen MR) is 108 cm³/mol. The Hall–Kier alpha value is -3.39. The molecule has 0 spiro atoms. The Morgan fingerprint density at radius 3 is 2.79 bits per heavy atom. The number of rotatable bonds is 5. The molecule has 29 heavy (non-hydrogen) atoms. The van der Waals surface area contributed by atoms with Gasteiger partial charge in [0.05, 0.1) is 24.6 Å². The number of hydrogen-bond acceptors (Lipinski definition) is 5. The standard InChI is InChI=1S/C21H22N4O4/c1-14-19(21(27)25(24(14)2)16-6-4-3-5-7-16)23-20(26)15-8-10-22-18(12-15)29-17-9-11-28-13-17/h3-8,10,12,17H,9,11,13H2,1-2H3,(H,23,26). The molecule has 1 saturated heterocycles. The zero-order chi connectivity index (χ0) is 20.4.